The van der Waals surface area contributed by atoms with E-state index in [1.807, 2.05) is 4.90 Å². The molecule has 0 saturated carbocycles. The van der Waals surface area contributed by atoms with Gasteiger partial charge in [-0.05, 0) is 30.5 Å². The number of hydrogen-bond donors (Lipinski definition) is 1. The molecule has 1 fully saturated rings. The summed E-state index contributed by atoms with van der Waals surface area (Å²) in [6, 6.07) is 6.21. The summed E-state index contributed by atoms with van der Waals surface area (Å²) in [6.45, 7) is 1.34. The molecule has 1 saturated heterocycles. The van der Waals surface area contributed by atoms with Gasteiger partial charge in [0, 0.05) is 31.4 Å². The lowest BCUT2D eigenvalue weighted by Gasteiger charge is -2.32. The molecule has 128 valence electrons. The number of nitrogens with zero attached hydrogens (tertiary/aromatic N) is 4. The van der Waals surface area contributed by atoms with Crippen molar-refractivity contribution < 1.29 is 9.18 Å². The molecule has 1 atom stereocenters. The molecule has 4 rings (SSSR count). The van der Waals surface area contributed by atoms with Gasteiger partial charge < -0.3 is 4.90 Å². The zero-order chi connectivity index (χ0) is 17.2. The third-order valence-corrected chi connectivity index (χ3v) is 4.64. The number of likely N-dealkylation sites (tertiary alicyclic amines) is 1. The molecule has 7 heteroatoms. The number of H-pyrrole nitrogens is 1. The van der Waals surface area contributed by atoms with Crippen LogP contribution in [0.2, 0.25) is 0 Å². The molecule has 1 amide bonds. The van der Waals surface area contributed by atoms with E-state index in [4.69, 9.17) is 0 Å². The number of amides is 1. The number of aromatic nitrogens is 4. The molecule has 0 aliphatic carbocycles. The van der Waals surface area contributed by atoms with Gasteiger partial charge in [0.05, 0.1) is 12.1 Å². The number of carbonyl (C=O) groups is 1. The third kappa shape index (κ3) is 3.22. The van der Waals surface area contributed by atoms with Crippen molar-refractivity contribution in [3.05, 3.63) is 53.7 Å². The van der Waals surface area contributed by atoms with Gasteiger partial charge in [-0.3, -0.25) is 9.89 Å². The topological polar surface area (TPSA) is 74.8 Å². The molecule has 1 aromatic carbocycles. The summed E-state index contributed by atoms with van der Waals surface area (Å²) in [5, 5.41) is 7.23. The van der Waals surface area contributed by atoms with Gasteiger partial charge in [0.25, 0.3) is 0 Å². The first-order valence-electron chi connectivity index (χ1n) is 8.38. The first-order chi connectivity index (χ1) is 12.2. The number of halogens is 1. The average Bonchev–Trinajstić information content (AvgIpc) is 3.06. The molecular formula is C18H18FN5O. The van der Waals surface area contributed by atoms with E-state index in [0.29, 0.717) is 17.8 Å². The average molecular weight is 339 g/mol. The molecule has 1 aliphatic rings. The minimum absolute atomic E-state index is 0.0187. The highest BCUT2D eigenvalue weighted by Gasteiger charge is 2.27. The Morgan fingerprint density at radius 1 is 1.32 bits per heavy atom. The predicted octanol–water partition coefficient (Wildman–Crippen LogP) is 2.44. The predicted molar refractivity (Wildman–Crippen MR) is 90.3 cm³/mol. The maximum absolute atomic E-state index is 13.3. The van der Waals surface area contributed by atoms with Gasteiger partial charge in [0.15, 0.2) is 5.65 Å². The van der Waals surface area contributed by atoms with Crippen LogP contribution in [0.15, 0.2) is 36.7 Å². The normalized spacial score (nSPS) is 17.8. The molecule has 1 aliphatic heterocycles. The molecule has 0 unspecified atom stereocenters. The minimum Gasteiger partial charge on any atom is -0.342 e. The van der Waals surface area contributed by atoms with E-state index in [1.54, 1.807) is 24.5 Å². The Kier molecular flexibility index (Phi) is 4.13. The van der Waals surface area contributed by atoms with Crippen molar-refractivity contribution in [2.24, 2.45) is 0 Å². The smallest absolute Gasteiger partial charge is 0.227 e. The Morgan fingerprint density at radius 3 is 3.08 bits per heavy atom. The molecule has 3 heterocycles. The number of piperidine rings is 1. The fraction of sp³-hybridized carbons (Fsp3) is 0.333. The fourth-order valence-electron chi connectivity index (χ4n) is 3.43. The van der Waals surface area contributed by atoms with E-state index in [-0.39, 0.29) is 24.1 Å². The van der Waals surface area contributed by atoms with E-state index in [2.05, 4.69) is 20.2 Å². The lowest BCUT2D eigenvalue weighted by molar-refractivity contribution is -0.131. The molecule has 1 N–H and O–H groups in total. The second kappa shape index (κ2) is 6.58. The Bertz CT molecular complexity index is 909. The summed E-state index contributed by atoms with van der Waals surface area (Å²) >= 11 is 0. The molecule has 0 bridgehead atoms. The Labute approximate surface area is 144 Å². The molecule has 25 heavy (non-hydrogen) atoms. The number of nitrogens with one attached hydrogen (secondary N) is 1. The Morgan fingerprint density at radius 2 is 2.20 bits per heavy atom. The first-order valence-corrected chi connectivity index (χ1v) is 8.38. The van der Waals surface area contributed by atoms with Crippen molar-refractivity contribution >= 4 is 17.1 Å². The molecule has 3 aromatic rings. The molecular weight excluding hydrogens is 321 g/mol. The zero-order valence-corrected chi connectivity index (χ0v) is 13.7. The quantitative estimate of drug-likeness (QED) is 0.795. The van der Waals surface area contributed by atoms with Crippen LogP contribution in [0.25, 0.3) is 11.2 Å². The summed E-state index contributed by atoms with van der Waals surface area (Å²) in [7, 11) is 0. The lowest BCUT2D eigenvalue weighted by atomic mass is 9.94. The van der Waals surface area contributed by atoms with E-state index >= 15 is 0 Å². The van der Waals surface area contributed by atoms with E-state index in [1.165, 1.54) is 12.1 Å². The fourth-order valence-corrected chi connectivity index (χ4v) is 3.43. The van der Waals surface area contributed by atoms with Crippen LogP contribution in [0.3, 0.4) is 0 Å². The van der Waals surface area contributed by atoms with Gasteiger partial charge in [0.1, 0.15) is 11.3 Å². The number of carbonyl (C=O) groups excluding carboxylic acids is 1. The first kappa shape index (κ1) is 15.7. The van der Waals surface area contributed by atoms with E-state index in [0.717, 1.165) is 30.6 Å². The van der Waals surface area contributed by atoms with Crippen LogP contribution in [-0.2, 0) is 11.2 Å². The summed E-state index contributed by atoms with van der Waals surface area (Å²) in [5.41, 5.74) is 3.00. The summed E-state index contributed by atoms with van der Waals surface area (Å²) in [4.78, 5) is 23.0. The highest BCUT2D eigenvalue weighted by Crippen LogP contribution is 2.29. The highest BCUT2D eigenvalue weighted by molar-refractivity contribution is 5.79. The van der Waals surface area contributed by atoms with Gasteiger partial charge in [-0.2, -0.15) is 5.10 Å². The summed E-state index contributed by atoms with van der Waals surface area (Å²) in [6.07, 6.45) is 5.37. The van der Waals surface area contributed by atoms with Crippen molar-refractivity contribution in [3.8, 4) is 0 Å². The number of rotatable bonds is 3. The van der Waals surface area contributed by atoms with Crippen LogP contribution in [0, 0.1) is 5.82 Å². The van der Waals surface area contributed by atoms with Crippen LogP contribution in [-0.4, -0.2) is 44.1 Å². The van der Waals surface area contributed by atoms with Crippen LogP contribution in [0.5, 0.6) is 0 Å². The maximum atomic E-state index is 13.3. The third-order valence-electron chi connectivity index (χ3n) is 4.64. The SMILES string of the molecule is O=C(Cc1cccc(F)c1)N1CCC[C@@H](c2[nH]nc3nccnc23)C1. The number of hydrogen-bond acceptors (Lipinski definition) is 4. The van der Waals surface area contributed by atoms with Crippen LogP contribution < -0.4 is 0 Å². The standard InChI is InChI=1S/C18H18FN5O/c19-14-5-1-3-12(9-14)10-15(25)24-8-2-4-13(11-24)16-17-18(23-22-16)21-7-6-20-17/h1,3,5-7,9,13H,2,4,8,10-11H2,(H,21,22,23)/t13-/m1/s1. The number of aromatic amines is 1. The summed E-state index contributed by atoms with van der Waals surface area (Å²) < 4.78 is 13.3. The van der Waals surface area contributed by atoms with Crippen LogP contribution >= 0.6 is 0 Å². The van der Waals surface area contributed by atoms with Crippen molar-refractivity contribution in [2.45, 2.75) is 25.2 Å². The summed E-state index contributed by atoms with van der Waals surface area (Å²) in [5.74, 6) is -0.138. The van der Waals surface area contributed by atoms with E-state index in [9.17, 15) is 9.18 Å². The van der Waals surface area contributed by atoms with Crippen molar-refractivity contribution in [1.82, 2.24) is 25.1 Å². The highest BCUT2D eigenvalue weighted by atomic mass is 19.1. The van der Waals surface area contributed by atoms with Crippen LogP contribution in [0.4, 0.5) is 4.39 Å². The van der Waals surface area contributed by atoms with Crippen molar-refractivity contribution in [3.63, 3.8) is 0 Å². The monoisotopic (exact) mass is 339 g/mol. The maximum Gasteiger partial charge on any atom is 0.227 e. The van der Waals surface area contributed by atoms with Gasteiger partial charge >= 0.3 is 0 Å². The van der Waals surface area contributed by atoms with Crippen molar-refractivity contribution in [1.29, 1.82) is 0 Å². The van der Waals surface area contributed by atoms with Crippen LogP contribution in [0.1, 0.15) is 30.0 Å². The number of fused-ring (bicyclic) bond motifs is 1. The van der Waals surface area contributed by atoms with Gasteiger partial charge in [-0.15, -0.1) is 0 Å². The largest absolute Gasteiger partial charge is 0.342 e. The number of benzene rings is 1. The lowest BCUT2D eigenvalue weighted by Crippen LogP contribution is -2.40. The molecule has 2 aromatic heterocycles. The molecule has 0 spiro atoms. The van der Waals surface area contributed by atoms with Gasteiger partial charge in [-0.1, -0.05) is 12.1 Å². The van der Waals surface area contributed by atoms with Crippen molar-refractivity contribution in [2.75, 3.05) is 13.1 Å². The van der Waals surface area contributed by atoms with E-state index < -0.39 is 0 Å². The Hall–Kier alpha value is -2.83. The zero-order valence-electron chi connectivity index (χ0n) is 13.7. The Balaban J connectivity index is 1.50. The second-order valence-electron chi connectivity index (χ2n) is 6.35. The molecule has 6 nitrogen and oxygen atoms in total. The van der Waals surface area contributed by atoms with Gasteiger partial charge in [0.2, 0.25) is 5.91 Å². The van der Waals surface area contributed by atoms with Gasteiger partial charge in [-0.25, -0.2) is 14.4 Å². The minimum atomic E-state index is -0.315. The second-order valence-corrected chi connectivity index (χ2v) is 6.35. The molecule has 0 radical (unpaired) electrons.